The molecule has 0 unspecified atom stereocenters. The molecule has 0 radical (unpaired) electrons. The van der Waals surface area contributed by atoms with Gasteiger partial charge < -0.3 is 0 Å². The van der Waals surface area contributed by atoms with Crippen molar-refractivity contribution in [3.8, 4) is 11.4 Å². The van der Waals surface area contributed by atoms with Crippen LogP contribution in [0.5, 0.6) is 0 Å². The molecule has 0 atom stereocenters. The molecule has 2 N–H and O–H groups in total. The Morgan fingerprint density at radius 2 is 2.11 bits per heavy atom. The largest absolute Gasteiger partial charge is 0.267 e. The molecule has 7 nitrogen and oxygen atoms in total. The van der Waals surface area contributed by atoms with Gasteiger partial charge in [0.05, 0.1) is 11.9 Å². The number of hydrogen-bond donors (Lipinski definition) is 1. The normalized spacial score (nSPS) is 12.1. The van der Waals surface area contributed by atoms with Crippen LogP contribution in [0.25, 0.3) is 16.3 Å². The Morgan fingerprint density at radius 1 is 1.28 bits per heavy atom. The summed E-state index contributed by atoms with van der Waals surface area (Å²) in [5.41, 5.74) is 1.29. The predicted molar refractivity (Wildman–Crippen MR) is 65.5 cm³/mol. The van der Waals surface area contributed by atoms with Gasteiger partial charge in [0.15, 0.2) is 0 Å². The first-order valence-corrected chi connectivity index (χ1v) is 7.21. The third-order valence-corrected chi connectivity index (χ3v) is 4.47. The monoisotopic (exact) mass is 281 g/mol. The average Bonchev–Trinajstić information content (AvgIpc) is 2.88. The molecule has 3 heterocycles. The topological polar surface area (TPSA) is 103 Å². The molecule has 0 fully saturated rings. The lowest BCUT2D eigenvalue weighted by Crippen LogP contribution is -2.12. The Balaban J connectivity index is 2.24. The van der Waals surface area contributed by atoms with Crippen molar-refractivity contribution in [3.05, 3.63) is 30.6 Å². The van der Waals surface area contributed by atoms with Crippen molar-refractivity contribution in [1.29, 1.82) is 0 Å². The predicted octanol–water partition coefficient (Wildman–Crippen LogP) is 0.500. The number of primary sulfonamides is 1. The Kier molecular flexibility index (Phi) is 2.40. The van der Waals surface area contributed by atoms with Crippen LogP contribution in [-0.4, -0.2) is 28.0 Å². The fraction of sp³-hybridized carbons (Fsp3) is 0. The van der Waals surface area contributed by atoms with Crippen molar-refractivity contribution in [2.45, 2.75) is 4.34 Å². The first kappa shape index (κ1) is 11.3. The molecule has 0 saturated heterocycles. The summed E-state index contributed by atoms with van der Waals surface area (Å²) in [7, 11) is -3.81. The molecule has 9 heteroatoms. The molecule has 0 aliphatic heterocycles. The van der Waals surface area contributed by atoms with Gasteiger partial charge in [-0.05, 0) is 12.1 Å². The van der Waals surface area contributed by atoms with Gasteiger partial charge in [0.1, 0.15) is 5.69 Å². The second kappa shape index (κ2) is 3.83. The number of imidazole rings is 1. The molecule has 18 heavy (non-hydrogen) atoms. The van der Waals surface area contributed by atoms with Crippen LogP contribution < -0.4 is 5.14 Å². The summed E-state index contributed by atoms with van der Waals surface area (Å²) in [4.78, 5) is 8.71. The molecule has 0 aliphatic rings. The van der Waals surface area contributed by atoms with Crippen molar-refractivity contribution >= 4 is 26.3 Å². The van der Waals surface area contributed by atoms with Gasteiger partial charge >= 0.3 is 0 Å². The van der Waals surface area contributed by atoms with Crippen LogP contribution in [0, 0.1) is 0 Å². The highest BCUT2D eigenvalue weighted by atomic mass is 32.2. The number of rotatable bonds is 2. The van der Waals surface area contributed by atoms with E-state index >= 15 is 0 Å². The van der Waals surface area contributed by atoms with Gasteiger partial charge in [0.25, 0.3) is 10.0 Å². The van der Waals surface area contributed by atoms with Crippen LogP contribution in [0.2, 0.25) is 0 Å². The Labute approximate surface area is 106 Å². The second-order valence-electron chi connectivity index (χ2n) is 3.47. The van der Waals surface area contributed by atoms with Crippen molar-refractivity contribution in [1.82, 2.24) is 19.6 Å². The van der Waals surface area contributed by atoms with E-state index in [1.807, 2.05) is 6.07 Å². The summed E-state index contributed by atoms with van der Waals surface area (Å²) in [6.45, 7) is 0. The van der Waals surface area contributed by atoms with Crippen LogP contribution in [0.4, 0.5) is 0 Å². The van der Waals surface area contributed by atoms with E-state index in [0.29, 0.717) is 16.3 Å². The number of aromatic nitrogens is 4. The van der Waals surface area contributed by atoms with E-state index in [2.05, 4.69) is 15.1 Å². The third-order valence-electron chi connectivity index (χ3n) is 2.24. The quantitative estimate of drug-likeness (QED) is 0.736. The van der Waals surface area contributed by atoms with Crippen LogP contribution in [0.15, 0.2) is 34.9 Å². The summed E-state index contributed by atoms with van der Waals surface area (Å²) in [5, 5.41) is 8.97. The maximum atomic E-state index is 11.2. The summed E-state index contributed by atoms with van der Waals surface area (Å²) in [5.74, 6) is 0. The van der Waals surface area contributed by atoms with Gasteiger partial charge in [-0.15, -0.1) is 5.10 Å². The van der Waals surface area contributed by atoms with Gasteiger partial charge in [-0.3, -0.25) is 4.98 Å². The van der Waals surface area contributed by atoms with Crippen LogP contribution >= 0.6 is 11.3 Å². The lowest BCUT2D eigenvalue weighted by atomic mass is 10.3. The molecule has 3 aromatic heterocycles. The van der Waals surface area contributed by atoms with E-state index in [-0.39, 0.29) is 4.34 Å². The minimum atomic E-state index is -3.81. The lowest BCUT2D eigenvalue weighted by molar-refractivity contribution is 0.595. The molecule has 0 aromatic carbocycles. The summed E-state index contributed by atoms with van der Waals surface area (Å²) in [6.07, 6.45) is 3.23. The highest BCUT2D eigenvalue weighted by Gasteiger charge is 2.18. The number of pyridine rings is 1. The zero-order chi connectivity index (χ0) is 12.8. The fourth-order valence-corrected chi connectivity index (χ4v) is 2.97. The minimum Gasteiger partial charge on any atom is -0.255 e. The standard InChI is InChI=1S/C9H7N5O2S2/c10-18(15,16)9-13-14-7(5-12-8(14)17-9)6-3-1-2-4-11-6/h1-5H,(H2,10,15,16). The smallest absolute Gasteiger partial charge is 0.255 e. The summed E-state index contributed by atoms with van der Waals surface area (Å²) in [6, 6.07) is 5.41. The van der Waals surface area contributed by atoms with E-state index in [0.717, 1.165) is 11.3 Å². The maximum absolute atomic E-state index is 11.2. The van der Waals surface area contributed by atoms with Gasteiger partial charge in [0.2, 0.25) is 9.30 Å². The summed E-state index contributed by atoms with van der Waals surface area (Å²) < 4.78 is 23.7. The van der Waals surface area contributed by atoms with Gasteiger partial charge in [-0.1, -0.05) is 17.4 Å². The van der Waals surface area contributed by atoms with Crippen LogP contribution in [0.1, 0.15) is 0 Å². The highest BCUT2D eigenvalue weighted by molar-refractivity contribution is 7.91. The summed E-state index contributed by atoms with van der Waals surface area (Å²) >= 11 is 0.920. The first-order valence-electron chi connectivity index (χ1n) is 4.84. The zero-order valence-corrected chi connectivity index (χ0v) is 10.5. The fourth-order valence-electron chi connectivity index (χ4n) is 1.48. The van der Waals surface area contributed by atoms with E-state index in [1.54, 1.807) is 24.5 Å². The first-order chi connectivity index (χ1) is 8.55. The minimum absolute atomic E-state index is 0.164. The van der Waals surface area contributed by atoms with Crippen molar-refractivity contribution in [2.24, 2.45) is 5.14 Å². The Morgan fingerprint density at radius 3 is 2.78 bits per heavy atom. The molecule has 0 spiro atoms. The molecule has 0 saturated carbocycles. The van der Waals surface area contributed by atoms with E-state index in [4.69, 9.17) is 5.14 Å². The molecular weight excluding hydrogens is 274 g/mol. The number of fused-ring (bicyclic) bond motifs is 1. The maximum Gasteiger partial charge on any atom is 0.267 e. The lowest BCUT2D eigenvalue weighted by Gasteiger charge is -1.95. The Bertz CT molecular complexity index is 806. The highest BCUT2D eigenvalue weighted by Crippen LogP contribution is 2.23. The van der Waals surface area contributed by atoms with E-state index in [1.165, 1.54) is 4.52 Å². The van der Waals surface area contributed by atoms with Crippen molar-refractivity contribution < 1.29 is 8.42 Å². The van der Waals surface area contributed by atoms with Crippen molar-refractivity contribution in [3.63, 3.8) is 0 Å². The van der Waals surface area contributed by atoms with Crippen molar-refractivity contribution in [2.75, 3.05) is 0 Å². The number of hydrogen-bond acceptors (Lipinski definition) is 6. The number of nitrogens with two attached hydrogens (primary N) is 1. The average molecular weight is 281 g/mol. The SMILES string of the molecule is NS(=O)(=O)c1nn2c(-c3ccccn3)cnc2s1. The molecule has 0 amide bonds. The van der Waals surface area contributed by atoms with Gasteiger partial charge in [-0.25, -0.2) is 23.1 Å². The molecule has 92 valence electrons. The third kappa shape index (κ3) is 1.78. The van der Waals surface area contributed by atoms with E-state index < -0.39 is 10.0 Å². The van der Waals surface area contributed by atoms with Crippen LogP contribution in [-0.2, 0) is 10.0 Å². The number of nitrogens with zero attached hydrogens (tertiary/aromatic N) is 4. The molecule has 3 rings (SSSR count). The molecule has 0 aliphatic carbocycles. The molecule has 3 aromatic rings. The second-order valence-corrected chi connectivity index (χ2v) is 6.16. The number of sulfonamides is 1. The zero-order valence-electron chi connectivity index (χ0n) is 8.89. The Hall–Kier alpha value is -1.84. The van der Waals surface area contributed by atoms with Crippen LogP contribution in [0.3, 0.4) is 0 Å². The molecule has 0 bridgehead atoms. The van der Waals surface area contributed by atoms with E-state index in [9.17, 15) is 8.42 Å². The van der Waals surface area contributed by atoms with Gasteiger partial charge in [0, 0.05) is 6.20 Å². The van der Waals surface area contributed by atoms with Gasteiger partial charge in [-0.2, -0.15) is 0 Å². The molecular formula is C9H7N5O2S2.